The van der Waals surface area contributed by atoms with Crippen molar-refractivity contribution in [3.05, 3.63) is 0 Å². The fourth-order valence-electron chi connectivity index (χ4n) is 0.470. The Balaban J connectivity index is 2.57. The zero-order chi connectivity index (χ0) is 7.61. The average molecular weight is 142 g/mol. The smallest absolute Gasteiger partial charge is 0.356 e. The van der Waals surface area contributed by atoms with Crippen LogP contribution in [0.3, 0.4) is 0 Å². The molecule has 0 atom stereocenters. The molecule has 5 heteroatoms. The Morgan fingerprint density at radius 3 is 2.50 bits per heavy atom. The molecule has 0 bridgehead atoms. The van der Waals surface area contributed by atoms with Crippen LogP contribution in [0.15, 0.2) is 0 Å². The summed E-state index contributed by atoms with van der Waals surface area (Å²) < 4.78 is 5.23. The van der Waals surface area contributed by atoms with Gasteiger partial charge < -0.3 is 4.74 Å². The van der Waals surface area contributed by atoms with Crippen LogP contribution in [0, 0.1) is 0 Å². The maximum Gasteiger partial charge on any atom is 0.356 e. The second-order valence-corrected chi connectivity index (χ2v) is 2.91. The number of aromatic nitrogens is 4. The van der Waals surface area contributed by atoms with Gasteiger partial charge in [0, 0.05) is 0 Å². The zero-order valence-electron chi connectivity index (χ0n) is 6.25. The first kappa shape index (κ1) is 6.98. The molecule has 1 heterocycles. The van der Waals surface area contributed by atoms with Crippen molar-refractivity contribution in [3.63, 3.8) is 0 Å². The highest BCUT2D eigenvalue weighted by atomic mass is 16.5. The number of rotatable bonds is 1. The third-order valence-corrected chi connectivity index (χ3v) is 0.723. The van der Waals surface area contributed by atoms with Crippen molar-refractivity contribution in [2.24, 2.45) is 0 Å². The van der Waals surface area contributed by atoms with Crippen molar-refractivity contribution in [1.82, 2.24) is 20.6 Å². The number of H-pyrrole nitrogens is 1. The summed E-state index contributed by atoms with van der Waals surface area (Å²) in [5.41, 5.74) is -0.260. The van der Waals surface area contributed by atoms with Gasteiger partial charge in [-0.2, -0.15) is 5.21 Å². The van der Waals surface area contributed by atoms with Gasteiger partial charge in [-0.25, -0.2) is 0 Å². The van der Waals surface area contributed by atoms with Crippen LogP contribution in [-0.2, 0) is 0 Å². The highest BCUT2D eigenvalue weighted by Gasteiger charge is 2.13. The lowest BCUT2D eigenvalue weighted by Crippen LogP contribution is -2.23. The third kappa shape index (κ3) is 2.00. The second-order valence-electron chi connectivity index (χ2n) is 2.91. The molecule has 56 valence electrons. The molecule has 0 saturated heterocycles. The van der Waals surface area contributed by atoms with Crippen LogP contribution in [-0.4, -0.2) is 26.2 Å². The minimum absolute atomic E-state index is 0.260. The van der Waals surface area contributed by atoms with E-state index >= 15 is 0 Å². The molecule has 0 aliphatic carbocycles. The summed E-state index contributed by atoms with van der Waals surface area (Å²) in [6.07, 6.45) is 0. The zero-order valence-corrected chi connectivity index (χ0v) is 6.25. The second kappa shape index (κ2) is 2.24. The molecular formula is C5H10N4O. The monoisotopic (exact) mass is 142 g/mol. The van der Waals surface area contributed by atoms with Gasteiger partial charge in [-0.1, -0.05) is 10.2 Å². The molecule has 1 rings (SSSR count). The summed E-state index contributed by atoms with van der Waals surface area (Å²) in [5, 5.41) is 12.9. The van der Waals surface area contributed by atoms with Gasteiger partial charge in [0.1, 0.15) is 5.60 Å². The molecule has 5 nitrogen and oxygen atoms in total. The van der Waals surface area contributed by atoms with Gasteiger partial charge in [0.2, 0.25) is 0 Å². The summed E-state index contributed by atoms with van der Waals surface area (Å²) in [6, 6.07) is 0.285. The van der Waals surface area contributed by atoms with Gasteiger partial charge in [0.15, 0.2) is 0 Å². The van der Waals surface area contributed by atoms with E-state index in [0.29, 0.717) is 0 Å². The number of tetrazole rings is 1. The van der Waals surface area contributed by atoms with E-state index in [4.69, 9.17) is 4.74 Å². The van der Waals surface area contributed by atoms with Crippen LogP contribution in [0.5, 0.6) is 6.01 Å². The molecule has 0 unspecified atom stereocenters. The summed E-state index contributed by atoms with van der Waals surface area (Å²) >= 11 is 0. The van der Waals surface area contributed by atoms with E-state index in [1.165, 1.54) is 0 Å². The maximum atomic E-state index is 5.23. The fourth-order valence-corrected chi connectivity index (χ4v) is 0.470. The summed E-state index contributed by atoms with van der Waals surface area (Å²) in [6.45, 7) is 5.76. The lowest BCUT2D eigenvalue weighted by Gasteiger charge is -2.16. The number of nitrogens with one attached hydrogen (secondary N) is 1. The number of hydrogen-bond donors (Lipinski definition) is 1. The lowest BCUT2D eigenvalue weighted by atomic mass is 10.2. The van der Waals surface area contributed by atoms with E-state index < -0.39 is 0 Å². The Labute approximate surface area is 58.8 Å². The van der Waals surface area contributed by atoms with Crippen LogP contribution in [0.1, 0.15) is 20.8 Å². The SMILES string of the molecule is CC(C)(C)Oc1nn[nH]n1. The van der Waals surface area contributed by atoms with Crippen molar-refractivity contribution in [2.75, 3.05) is 0 Å². The summed E-state index contributed by atoms with van der Waals surface area (Å²) in [4.78, 5) is 0. The van der Waals surface area contributed by atoms with E-state index in [2.05, 4.69) is 20.6 Å². The maximum absolute atomic E-state index is 5.23. The molecule has 0 fully saturated rings. The highest BCUT2D eigenvalue weighted by Crippen LogP contribution is 2.09. The van der Waals surface area contributed by atoms with Gasteiger partial charge in [0.25, 0.3) is 0 Å². The van der Waals surface area contributed by atoms with Crippen LogP contribution < -0.4 is 4.74 Å². The topological polar surface area (TPSA) is 63.7 Å². The largest absolute Gasteiger partial charge is 0.456 e. The van der Waals surface area contributed by atoms with Gasteiger partial charge >= 0.3 is 6.01 Å². The van der Waals surface area contributed by atoms with E-state index in [1.54, 1.807) is 0 Å². The Hall–Kier alpha value is -1.13. The molecular weight excluding hydrogens is 132 g/mol. The van der Waals surface area contributed by atoms with Crippen LogP contribution in [0.4, 0.5) is 0 Å². The normalized spacial score (nSPS) is 11.5. The van der Waals surface area contributed by atoms with Crippen molar-refractivity contribution < 1.29 is 4.74 Å². The summed E-state index contributed by atoms with van der Waals surface area (Å²) in [5.74, 6) is 0. The first-order chi connectivity index (χ1) is 4.58. The van der Waals surface area contributed by atoms with Crippen LogP contribution >= 0.6 is 0 Å². The number of hydrogen-bond acceptors (Lipinski definition) is 4. The third-order valence-electron chi connectivity index (χ3n) is 0.723. The molecule has 1 aromatic heterocycles. The first-order valence-electron chi connectivity index (χ1n) is 3.00. The minimum atomic E-state index is -0.260. The van der Waals surface area contributed by atoms with Crippen LogP contribution in [0.2, 0.25) is 0 Å². The predicted octanol–water partition coefficient (Wildman–Crippen LogP) is 0.377. The van der Waals surface area contributed by atoms with Gasteiger partial charge in [0.05, 0.1) is 0 Å². The van der Waals surface area contributed by atoms with Crippen molar-refractivity contribution in [3.8, 4) is 6.01 Å². The quantitative estimate of drug-likeness (QED) is 0.615. The minimum Gasteiger partial charge on any atom is -0.456 e. The number of aromatic amines is 1. The lowest BCUT2D eigenvalue weighted by molar-refractivity contribution is 0.117. The molecule has 10 heavy (non-hydrogen) atoms. The Kier molecular flexibility index (Phi) is 1.57. The Bertz CT molecular complexity index is 188. The van der Waals surface area contributed by atoms with Gasteiger partial charge in [-0.3, -0.25) is 0 Å². The average Bonchev–Trinajstić information content (AvgIpc) is 2.12. The van der Waals surface area contributed by atoms with Crippen molar-refractivity contribution in [1.29, 1.82) is 0 Å². The molecule has 1 aromatic rings. The molecule has 0 radical (unpaired) electrons. The highest BCUT2D eigenvalue weighted by molar-refractivity contribution is 4.85. The van der Waals surface area contributed by atoms with E-state index in [0.717, 1.165) is 0 Å². The molecule has 0 amide bonds. The van der Waals surface area contributed by atoms with E-state index in [9.17, 15) is 0 Å². The molecule has 0 aromatic carbocycles. The van der Waals surface area contributed by atoms with Gasteiger partial charge in [-0.05, 0) is 26.0 Å². The van der Waals surface area contributed by atoms with Crippen LogP contribution in [0.25, 0.3) is 0 Å². The molecule has 1 N–H and O–H groups in total. The molecule has 0 aliphatic heterocycles. The van der Waals surface area contributed by atoms with E-state index in [1.807, 2.05) is 20.8 Å². The predicted molar refractivity (Wildman–Crippen MR) is 34.6 cm³/mol. The van der Waals surface area contributed by atoms with Crippen molar-refractivity contribution in [2.45, 2.75) is 26.4 Å². The fraction of sp³-hybridized carbons (Fsp3) is 0.800. The van der Waals surface area contributed by atoms with Gasteiger partial charge in [-0.15, -0.1) is 0 Å². The van der Waals surface area contributed by atoms with Crippen molar-refractivity contribution >= 4 is 0 Å². The number of ether oxygens (including phenoxy) is 1. The molecule has 0 aliphatic rings. The Morgan fingerprint density at radius 2 is 2.10 bits per heavy atom. The molecule has 0 spiro atoms. The number of nitrogens with zero attached hydrogens (tertiary/aromatic N) is 3. The summed E-state index contributed by atoms with van der Waals surface area (Å²) in [7, 11) is 0. The van der Waals surface area contributed by atoms with E-state index in [-0.39, 0.29) is 11.6 Å². The Morgan fingerprint density at radius 1 is 1.40 bits per heavy atom. The first-order valence-corrected chi connectivity index (χ1v) is 3.00. The standard InChI is InChI=1S/C5H10N4O/c1-5(2,3)10-4-6-8-9-7-4/h1-3H3,(H,6,7,8,9). The molecule has 0 saturated carbocycles.